The first-order chi connectivity index (χ1) is 9.76. The van der Waals surface area contributed by atoms with Gasteiger partial charge in [0.05, 0.1) is 12.0 Å². The second-order valence-electron chi connectivity index (χ2n) is 5.22. The molecule has 2 aromatic carbocycles. The van der Waals surface area contributed by atoms with E-state index in [1.54, 1.807) is 0 Å². The fourth-order valence-electron chi connectivity index (χ4n) is 2.55. The summed E-state index contributed by atoms with van der Waals surface area (Å²) in [7, 11) is 0. The van der Waals surface area contributed by atoms with Crippen molar-refractivity contribution in [1.29, 1.82) is 0 Å². The maximum Gasteiger partial charge on any atom is 0.235 e. The van der Waals surface area contributed by atoms with E-state index in [0.717, 1.165) is 24.0 Å². The van der Waals surface area contributed by atoms with Gasteiger partial charge in [0.1, 0.15) is 0 Å². The summed E-state index contributed by atoms with van der Waals surface area (Å²) >= 11 is 0. The summed E-state index contributed by atoms with van der Waals surface area (Å²) in [5.41, 5.74) is 2.12. The minimum atomic E-state index is -0.385. The summed E-state index contributed by atoms with van der Waals surface area (Å²) in [4.78, 5) is 12.6. The second kappa shape index (κ2) is 5.10. The maximum atomic E-state index is 12.6. The topological polar surface area (TPSA) is 49.3 Å². The third-order valence-electron chi connectivity index (χ3n) is 3.95. The minimum Gasteiger partial charge on any atom is -0.392 e. The van der Waals surface area contributed by atoms with Crippen molar-refractivity contribution in [2.75, 3.05) is 5.32 Å². The zero-order valence-corrected chi connectivity index (χ0v) is 11.2. The molecule has 102 valence electrons. The van der Waals surface area contributed by atoms with Gasteiger partial charge in [-0.25, -0.2) is 0 Å². The van der Waals surface area contributed by atoms with Gasteiger partial charge in [-0.3, -0.25) is 4.79 Å². The van der Waals surface area contributed by atoms with E-state index < -0.39 is 0 Å². The summed E-state index contributed by atoms with van der Waals surface area (Å²) < 4.78 is 0. The average Bonchev–Trinajstić information content (AvgIpc) is 3.30. The van der Waals surface area contributed by atoms with E-state index >= 15 is 0 Å². The van der Waals surface area contributed by atoms with Crippen LogP contribution in [0.1, 0.15) is 24.0 Å². The quantitative estimate of drug-likeness (QED) is 0.895. The first-order valence-corrected chi connectivity index (χ1v) is 6.82. The van der Waals surface area contributed by atoms with Crippen LogP contribution in [0.2, 0.25) is 0 Å². The van der Waals surface area contributed by atoms with E-state index in [9.17, 15) is 9.90 Å². The summed E-state index contributed by atoms with van der Waals surface area (Å²) in [5, 5.41) is 12.3. The van der Waals surface area contributed by atoms with Gasteiger partial charge in [-0.1, -0.05) is 48.5 Å². The highest BCUT2D eigenvalue weighted by molar-refractivity contribution is 6.01. The molecule has 0 spiro atoms. The van der Waals surface area contributed by atoms with Crippen molar-refractivity contribution < 1.29 is 9.90 Å². The molecular formula is C17H17NO2. The second-order valence-corrected chi connectivity index (χ2v) is 5.22. The van der Waals surface area contributed by atoms with Crippen LogP contribution in [0.15, 0.2) is 54.6 Å². The van der Waals surface area contributed by atoms with E-state index in [1.807, 2.05) is 54.6 Å². The standard InChI is InChI=1S/C17H17NO2/c19-12-13-6-4-5-9-15(13)18-16(20)17(10-11-17)14-7-2-1-3-8-14/h1-9,19H,10-12H2,(H,18,20). The molecule has 20 heavy (non-hydrogen) atoms. The number of carbonyl (C=O) groups is 1. The summed E-state index contributed by atoms with van der Waals surface area (Å²) in [6.45, 7) is -0.0746. The molecular weight excluding hydrogens is 250 g/mol. The molecule has 0 atom stereocenters. The lowest BCUT2D eigenvalue weighted by Gasteiger charge is -2.17. The Labute approximate surface area is 118 Å². The Morgan fingerprint density at radius 1 is 1.05 bits per heavy atom. The van der Waals surface area contributed by atoms with Crippen molar-refractivity contribution >= 4 is 11.6 Å². The van der Waals surface area contributed by atoms with Crippen molar-refractivity contribution in [1.82, 2.24) is 0 Å². The monoisotopic (exact) mass is 267 g/mol. The van der Waals surface area contributed by atoms with Gasteiger partial charge in [0.25, 0.3) is 0 Å². The lowest BCUT2D eigenvalue weighted by atomic mass is 9.95. The molecule has 0 saturated heterocycles. The van der Waals surface area contributed by atoms with Gasteiger partial charge in [0.2, 0.25) is 5.91 Å². The number of benzene rings is 2. The van der Waals surface area contributed by atoms with Crippen LogP contribution in [-0.4, -0.2) is 11.0 Å². The number of aliphatic hydroxyl groups is 1. The number of rotatable bonds is 4. The number of aliphatic hydroxyl groups excluding tert-OH is 1. The van der Waals surface area contributed by atoms with E-state index in [0.29, 0.717) is 5.69 Å². The molecule has 0 aromatic heterocycles. The molecule has 0 heterocycles. The molecule has 1 aliphatic rings. The smallest absolute Gasteiger partial charge is 0.235 e. The predicted molar refractivity (Wildman–Crippen MR) is 78.3 cm³/mol. The minimum absolute atomic E-state index is 0.0181. The Hall–Kier alpha value is -2.13. The molecule has 0 bridgehead atoms. The molecule has 0 unspecified atom stereocenters. The lowest BCUT2D eigenvalue weighted by molar-refractivity contribution is -0.118. The van der Waals surface area contributed by atoms with E-state index in [4.69, 9.17) is 0 Å². The average molecular weight is 267 g/mol. The van der Waals surface area contributed by atoms with Gasteiger partial charge in [0, 0.05) is 11.3 Å². The van der Waals surface area contributed by atoms with Crippen molar-refractivity contribution in [3.8, 4) is 0 Å². The first-order valence-electron chi connectivity index (χ1n) is 6.82. The maximum absolute atomic E-state index is 12.6. The highest BCUT2D eigenvalue weighted by Gasteiger charge is 2.51. The Bertz CT molecular complexity index is 618. The van der Waals surface area contributed by atoms with Crippen LogP contribution in [0.4, 0.5) is 5.69 Å². The predicted octanol–water partition coefficient (Wildman–Crippen LogP) is 2.85. The number of nitrogens with one attached hydrogen (secondary N) is 1. The summed E-state index contributed by atoms with van der Waals surface area (Å²) in [6.07, 6.45) is 1.76. The van der Waals surface area contributed by atoms with Crippen LogP contribution in [0, 0.1) is 0 Å². The van der Waals surface area contributed by atoms with Crippen LogP contribution in [0.5, 0.6) is 0 Å². The van der Waals surface area contributed by atoms with Gasteiger partial charge >= 0.3 is 0 Å². The van der Waals surface area contributed by atoms with Crippen LogP contribution in [0.3, 0.4) is 0 Å². The molecule has 0 radical (unpaired) electrons. The number of carbonyl (C=O) groups excluding carboxylic acids is 1. The van der Waals surface area contributed by atoms with Crippen molar-refractivity contribution in [2.45, 2.75) is 24.9 Å². The molecule has 2 aromatic rings. The number of anilines is 1. The lowest BCUT2D eigenvalue weighted by Crippen LogP contribution is -2.28. The molecule has 3 heteroatoms. The molecule has 1 fully saturated rings. The normalized spacial score (nSPS) is 15.7. The third kappa shape index (κ3) is 2.21. The largest absolute Gasteiger partial charge is 0.392 e. The van der Waals surface area contributed by atoms with Crippen molar-refractivity contribution in [3.63, 3.8) is 0 Å². The van der Waals surface area contributed by atoms with Crippen molar-refractivity contribution in [3.05, 3.63) is 65.7 Å². The highest BCUT2D eigenvalue weighted by atomic mass is 16.3. The molecule has 1 amide bonds. The van der Waals surface area contributed by atoms with Crippen LogP contribution >= 0.6 is 0 Å². The zero-order valence-electron chi connectivity index (χ0n) is 11.2. The van der Waals surface area contributed by atoms with E-state index in [-0.39, 0.29) is 17.9 Å². The first kappa shape index (κ1) is 12.9. The summed E-state index contributed by atoms with van der Waals surface area (Å²) in [5.74, 6) is 0.0181. The van der Waals surface area contributed by atoms with Gasteiger partial charge in [-0.2, -0.15) is 0 Å². The fraction of sp³-hybridized carbons (Fsp3) is 0.235. The number of hydrogen-bond donors (Lipinski definition) is 2. The van der Waals surface area contributed by atoms with E-state index in [2.05, 4.69) is 5.32 Å². The SMILES string of the molecule is O=C(Nc1ccccc1CO)C1(c2ccccc2)CC1. The molecule has 3 nitrogen and oxygen atoms in total. The van der Waals surface area contributed by atoms with Crippen LogP contribution in [-0.2, 0) is 16.8 Å². The molecule has 1 aliphatic carbocycles. The Kier molecular flexibility index (Phi) is 3.28. The fourth-order valence-corrected chi connectivity index (χ4v) is 2.55. The molecule has 2 N–H and O–H groups in total. The van der Waals surface area contributed by atoms with Gasteiger partial charge < -0.3 is 10.4 Å². The van der Waals surface area contributed by atoms with Gasteiger partial charge in [0.15, 0.2) is 0 Å². The number of hydrogen-bond acceptors (Lipinski definition) is 2. The van der Waals surface area contributed by atoms with Gasteiger partial charge in [-0.05, 0) is 24.5 Å². The van der Waals surface area contributed by atoms with Crippen molar-refractivity contribution in [2.24, 2.45) is 0 Å². The molecule has 3 rings (SSSR count). The number of amides is 1. The zero-order chi connectivity index (χ0) is 14.0. The Balaban J connectivity index is 1.84. The molecule has 1 saturated carbocycles. The highest BCUT2D eigenvalue weighted by Crippen LogP contribution is 2.49. The molecule has 0 aliphatic heterocycles. The third-order valence-corrected chi connectivity index (χ3v) is 3.95. The Morgan fingerprint density at radius 3 is 2.35 bits per heavy atom. The van der Waals surface area contributed by atoms with Gasteiger partial charge in [-0.15, -0.1) is 0 Å². The number of para-hydroxylation sites is 1. The summed E-state index contributed by atoms with van der Waals surface area (Å²) in [6, 6.07) is 17.2. The van der Waals surface area contributed by atoms with E-state index in [1.165, 1.54) is 0 Å². The van der Waals surface area contributed by atoms with Crippen LogP contribution in [0.25, 0.3) is 0 Å². The van der Waals surface area contributed by atoms with Crippen LogP contribution < -0.4 is 5.32 Å². The Morgan fingerprint density at radius 2 is 1.70 bits per heavy atom.